The minimum Gasteiger partial charge on any atom is -0.479 e. The molecule has 0 saturated heterocycles. The van der Waals surface area contributed by atoms with E-state index in [2.05, 4.69) is 0 Å². The number of carbonyl (C=O) groups is 2. The van der Waals surface area contributed by atoms with Gasteiger partial charge < -0.3 is 19.7 Å². The van der Waals surface area contributed by atoms with Crippen LogP contribution >= 0.6 is 11.6 Å². The molecule has 0 aromatic heterocycles. The van der Waals surface area contributed by atoms with Crippen LogP contribution in [0.15, 0.2) is 66.7 Å². The SMILES string of the molecule is O=C(O)c1cc(Oc2ccc(C(F)(F)F)cc2Cl)ccc1OC(CCc1ccccc1)C(=O)O. The first-order valence-electron chi connectivity index (χ1n) is 9.90. The van der Waals surface area contributed by atoms with Crippen molar-refractivity contribution < 1.29 is 42.4 Å². The highest BCUT2D eigenvalue weighted by atomic mass is 35.5. The zero-order chi connectivity index (χ0) is 24.9. The molecule has 3 aromatic carbocycles. The molecule has 0 aliphatic carbocycles. The van der Waals surface area contributed by atoms with E-state index in [-0.39, 0.29) is 34.3 Å². The van der Waals surface area contributed by atoms with E-state index in [1.165, 1.54) is 12.1 Å². The van der Waals surface area contributed by atoms with Gasteiger partial charge >= 0.3 is 18.1 Å². The smallest absolute Gasteiger partial charge is 0.416 e. The highest BCUT2D eigenvalue weighted by molar-refractivity contribution is 6.32. The van der Waals surface area contributed by atoms with E-state index in [1.54, 1.807) is 0 Å². The Morgan fingerprint density at radius 1 is 0.941 bits per heavy atom. The van der Waals surface area contributed by atoms with Crippen LogP contribution in [0, 0.1) is 0 Å². The zero-order valence-electron chi connectivity index (χ0n) is 17.4. The van der Waals surface area contributed by atoms with Crippen LogP contribution in [0.1, 0.15) is 27.9 Å². The topological polar surface area (TPSA) is 93.1 Å². The molecular formula is C24H18ClF3O6. The average Bonchev–Trinajstić information content (AvgIpc) is 2.78. The van der Waals surface area contributed by atoms with Gasteiger partial charge in [-0.3, -0.25) is 0 Å². The summed E-state index contributed by atoms with van der Waals surface area (Å²) in [5.41, 5.74) is -0.450. The maximum Gasteiger partial charge on any atom is 0.416 e. The second-order valence-corrected chi connectivity index (χ2v) is 7.58. The number of alkyl halides is 3. The van der Waals surface area contributed by atoms with Crippen molar-refractivity contribution in [2.75, 3.05) is 0 Å². The lowest BCUT2D eigenvalue weighted by molar-refractivity contribution is -0.145. The summed E-state index contributed by atoms with van der Waals surface area (Å²) in [6.45, 7) is 0. The van der Waals surface area contributed by atoms with Gasteiger partial charge in [0.05, 0.1) is 10.6 Å². The number of aromatic carboxylic acids is 1. The fraction of sp³-hybridized carbons (Fsp3) is 0.167. The number of hydrogen-bond donors (Lipinski definition) is 2. The molecule has 1 atom stereocenters. The van der Waals surface area contributed by atoms with Gasteiger partial charge in [-0.15, -0.1) is 0 Å². The molecule has 0 bridgehead atoms. The van der Waals surface area contributed by atoms with Gasteiger partial charge in [0.1, 0.15) is 22.8 Å². The number of aliphatic carboxylic acids is 1. The van der Waals surface area contributed by atoms with Crippen molar-refractivity contribution in [2.24, 2.45) is 0 Å². The molecule has 34 heavy (non-hydrogen) atoms. The highest BCUT2D eigenvalue weighted by Gasteiger charge is 2.31. The lowest BCUT2D eigenvalue weighted by atomic mass is 10.1. The molecule has 0 saturated carbocycles. The molecule has 0 amide bonds. The number of carboxylic acids is 2. The number of ether oxygens (including phenoxy) is 2. The van der Waals surface area contributed by atoms with Crippen molar-refractivity contribution in [1.29, 1.82) is 0 Å². The van der Waals surface area contributed by atoms with Crippen molar-refractivity contribution in [3.05, 3.63) is 88.4 Å². The van der Waals surface area contributed by atoms with E-state index in [1.807, 2.05) is 30.3 Å². The van der Waals surface area contributed by atoms with E-state index in [9.17, 15) is 33.0 Å². The third-order valence-corrected chi connectivity index (χ3v) is 5.05. The third-order valence-electron chi connectivity index (χ3n) is 4.75. The molecule has 6 nitrogen and oxygen atoms in total. The fourth-order valence-electron chi connectivity index (χ4n) is 3.06. The van der Waals surface area contributed by atoms with Gasteiger partial charge in [0, 0.05) is 0 Å². The van der Waals surface area contributed by atoms with E-state index in [0.717, 1.165) is 23.8 Å². The van der Waals surface area contributed by atoms with Crippen molar-refractivity contribution in [1.82, 2.24) is 0 Å². The van der Waals surface area contributed by atoms with E-state index >= 15 is 0 Å². The van der Waals surface area contributed by atoms with Gasteiger partial charge in [-0.2, -0.15) is 13.2 Å². The molecular weight excluding hydrogens is 477 g/mol. The molecule has 178 valence electrons. The Hall–Kier alpha value is -3.72. The zero-order valence-corrected chi connectivity index (χ0v) is 18.1. The number of halogens is 4. The van der Waals surface area contributed by atoms with Crippen molar-refractivity contribution >= 4 is 23.5 Å². The van der Waals surface area contributed by atoms with Crippen LogP contribution in [-0.4, -0.2) is 28.3 Å². The molecule has 3 rings (SSSR count). The largest absolute Gasteiger partial charge is 0.479 e. The highest BCUT2D eigenvalue weighted by Crippen LogP contribution is 2.37. The minimum atomic E-state index is -4.58. The summed E-state index contributed by atoms with van der Waals surface area (Å²) in [4.78, 5) is 23.4. The molecule has 2 N–H and O–H groups in total. The molecule has 0 spiro atoms. The van der Waals surface area contributed by atoms with Crippen molar-refractivity contribution in [3.8, 4) is 17.2 Å². The summed E-state index contributed by atoms with van der Waals surface area (Å²) in [7, 11) is 0. The summed E-state index contributed by atoms with van der Waals surface area (Å²) < 4.78 is 49.3. The Morgan fingerprint density at radius 3 is 2.21 bits per heavy atom. The van der Waals surface area contributed by atoms with E-state index in [0.29, 0.717) is 12.5 Å². The van der Waals surface area contributed by atoms with Gasteiger partial charge in [-0.05, 0) is 54.8 Å². The Kier molecular flexibility index (Phi) is 7.68. The summed E-state index contributed by atoms with van der Waals surface area (Å²) in [5.74, 6) is -3.03. The Balaban J connectivity index is 1.79. The molecule has 0 aliphatic heterocycles. The van der Waals surface area contributed by atoms with Crippen molar-refractivity contribution in [3.63, 3.8) is 0 Å². The molecule has 0 fully saturated rings. The number of hydrogen-bond acceptors (Lipinski definition) is 4. The molecule has 1 unspecified atom stereocenters. The molecule has 10 heteroatoms. The van der Waals surface area contributed by atoms with Gasteiger partial charge in [0.15, 0.2) is 6.10 Å². The Bertz CT molecular complexity index is 1180. The van der Waals surface area contributed by atoms with Crippen molar-refractivity contribution in [2.45, 2.75) is 25.1 Å². The first-order chi connectivity index (χ1) is 16.0. The van der Waals surface area contributed by atoms with Gasteiger partial charge in [0.2, 0.25) is 0 Å². The third kappa shape index (κ3) is 6.41. The van der Waals surface area contributed by atoms with E-state index < -0.39 is 29.8 Å². The first-order valence-corrected chi connectivity index (χ1v) is 10.3. The van der Waals surface area contributed by atoms with Crippen LogP contribution in [0.2, 0.25) is 5.02 Å². The number of carboxylic acid groups (broad SMARTS) is 2. The minimum absolute atomic E-state index is 0.0393. The summed E-state index contributed by atoms with van der Waals surface area (Å²) >= 11 is 5.88. The molecule has 0 radical (unpaired) electrons. The maximum atomic E-state index is 12.8. The number of rotatable bonds is 9. The molecule has 3 aromatic rings. The van der Waals surface area contributed by atoms with Crippen LogP contribution in [0.4, 0.5) is 13.2 Å². The van der Waals surface area contributed by atoms with Gasteiger partial charge in [-0.25, -0.2) is 9.59 Å². The predicted molar refractivity (Wildman–Crippen MR) is 117 cm³/mol. The predicted octanol–water partition coefficient (Wildman–Crippen LogP) is 6.31. The summed E-state index contributed by atoms with van der Waals surface area (Å²) in [6, 6.07) is 15.2. The van der Waals surface area contributed by atoms with E-state index in [4.69, 9.17) is 21.1 Å². The maximum absolute atomic E-state index is 12.8. The summed E-state index contributed by atoms with van der Waals surface area (Å²) in [6.07, 6.45) is -5.40. The average molecular weight is 495 g/mol. The molecule has 0 aliphatic rings. The Morgan fingerprint density at radius 2 is 1.62 bits per heavy atom. The van der Waals surface area contributed by atoms with Gasteiger partial charge in [0.25, 0.3) is 0 Å². The van der Waals surface area contributed by atoms with Crippen LogP contribution in [0.5, 0.6) is 17.2 Å². The number of aryl methyl sites for hydroxylation is 1. The van der Waals surface area contributed by atoms with Crippen LogP contribution in [-0.2, 0) is 17.4 Å². The Labute approximate surface area is 197 Å². The second kappa shape index (κ2) is 10.5. The second-order valence-electron chi connectivity index (χ2n) is 7.18. The fourth-order valence-corrected chi connectivity index (χ4v) is 3.28. The monoisotopic (exact) mass is 494 g/mol. The summed E-state index contributed by atoms with van der Waals surface area (Å²) in [5, 5.41) is 18.8. The lowest BCUT2D eigenvalue weighted by Gasteiger charge is -2.17. The number of benzene rings is 3. The normalized spacial score (nSPS) is 12.1. The first kappa shape index (κ1) is 24.9. The lowest BCUT2D eigenvalue weighted by Crippen LogP contribution is -2.28. The van der Waals surface area contributed by atoms with Crippen LogP contribution in [0.25, 0.3) is 0 Å². The van der Waals surface area contributed by atoms with Crippen LogP contribution < -0.4 is 9.47 Å². The quantitative estimate of drug-likeness (QED) is 0.362. The van der Waals surface area contributed by atoms with Crippen LogP contribution in [0.3, 0.4) is 0 Å². The standard InChI is InChI=1S/C24H18ClF3O6/c25-18-12-15(24(26,27)28)7-10-20(18)33-16-8-11-19(17(13-16)22(29)30)34-21(23(31)32)9-6-14-4-2-1-3-5-14/h1-5,7-8,10-13,21H,6,9H2,(H,29,30)(H,31,32). The van der Waals surface area contributed by atoms with Gasteiger partial charge in [-0.1, -0.05) is 41.9 Å². The molecule has 0 heterocycles.